The Balaban J connectivity index is 1.51. The van der Waals surface area contributed by atoms with Gasteiger partial charge in [0.25, 0.3) is 0 Å². The van der Waals surface area contributed by atoms with E-state index >= 15 is 0 Å². The second-order valence-corrected chi connectivity index (χ2v) is 6.16. The van der Waals surface area contributed by atoms with Crippen LogP contribution in [0.4, 0.5) is 0 Å². The Labute approximate surface area is 154 Å². The highest BCUT2D eigenvalue weighted by Gasteiger charge is 2.21. The zero-order valence-corrected chi connectivity index (χ0v) is 15.5. The highest BCUT2D eigenvalue weighted by molar-refractivity contribution is 5.80. The summed E-state index contributed by atoms with van der Waals surface area (Å²) in [6.07, 6.45) is 6.27. The largest absolute Gasteiger partial charge is 0.490 e. The number of pyridine rings is 1. The lowest BCUT2D eigenvalue weighted by atomic mass is 10.1. The van der Waals surface area contributed by atoms with Crippen molar-refractivity contribution in [3.8, 4) is 5.75 Å². The molecular weight excluding hydrogens is 330 g/mol. The van der Waals surface area contributed by atoms with Crippen molar-refractivity contribution < 1.29 is 4.74 Å². The van der Waals surface area contributed by atoms with Crippen LogP contribution in [-0.2, 0) is 19.4 Å². The number of aryl methyl sites for hydroxylation is 2. The van der Waals surface area contributed by atoms with E-state index in [1.54, 1.807) is 12.4 Å². The Morgan fingerprint density at radius 3 is 3.12 bits per heavy atom. The first kappa shape index (κ1) is 18.2. The van der Waals surface area contributed by atoms with Crippen LogP contribution in [0.25, 0.3) is 0 Å². The second kappa shape index (κ2) is 9.17. The Morgan fingerprint density at radius 1 is 1.42 bits per heavy atom. The van der Waals surface area contributed by atoms with Gasteiger partial charge in [-0.1, -0.05) is 6.92 Å². The molecule has 3 heterocycles. The summed E-state index contributed by atoms with van der Waals surface area (Å²) < 4.78 is 7.66. The van der Waals surface area contributed by atoms with Crippen LogP contribution in [0, 0.1) is 0 Å². The molecule has 2 N–H and O–H groups in total. The molecule has 8 nitrogen and oxygen atoms in total. The molecule has 0 aliphatic carbocycles. The van der Waals surface area contributed by atoms with E-state index in [2.05, 4.69) is 44.5 Å². The van der Waals surface area contributed by atoms with Crippen molar-refractivity contribution in [3.63, 3.8) is 0 Å². The number of hydrogen-bond acceptors (Lipinski definition) is 5. The molecule has 1 unspecified atom stereocenters. The Kier molecular flexibility index (Phi) is 6.40. The van der Waals surface area contributed by atoms with Crippen LogP contribution < -0.4 is 15.4 Å². The summed E-state index contributed by atoms with van der Waals surface area (Å²) in [5.74, 6) is 3.59. The molecule has 0 bridgehead atoms. The summed E-state index contributed by atoms with van der Waals surface area (Å²) in [7, 11) is 0. The second-order valence-electron chi connectivity index (χ2n) is 6.16. The predicted molar refractivity (Wildman–Crippen MR) is 100 cm³/mol. The maximum Gasteiger partial charge on any atom is 0.191 e. The zero-order chi connectivity index (χ0) is 18.2. The summed E-state index contributed by atoms with van der Waals surface area (Å²) in [5, 5.41) is 11.4. The lowest BCUT2D eigenvalue weighted by Gasteiger charge is -2.25. The maximum atomic E-state index is 5.64. The van der Waals surface area contributed by atoms with Crippen LogP contribution in [0.5, 0.6) is 5.75 Å². The van der Waals surface area contributed by atoms with Crippen molar-refractivity contribution in [2.24, 2.45) is 4.99 Å². The number of fused-ring (bicyclic) bond motifs is 1. The average molecular weight is 357 g/mol. The maximum absolute atomic E-state index is 5.64. The number of nitrogens with one attached hydrogen (secondary N) is 2. The van der Waals surface area contributed by atoms with Crippen LogP contribution in [-0.4, -0.2) is 51.4 Å². The van der Waals surface area contributed by atoms with E-state index < -0.39 is 0 Å². The van der Waals surface area contributed by atoms with E-state index in [-0.39, 0.29) is 0 Å². The number of aliphatic imine (C=N–C) groups is 1. The Bertz CT molecular complexity index is 714. The van der Waals surface area contributed by atoms with E-state index in [9.17, 15) is 0 Å². The molecule has 0 spiro atoms. The Morgan fingerprint density at radius 2 is 2.35 bits per heavy atom. The lowest BCUT2D eigenvalue weighted by molar-refractivity contribution is 0.326. The van der Waals surface area contributed by atoms with Crippen LogP contribution in [0.2, 0.25) is 0 Å². The fourth-order valence-electron chi connectivity index (χ4n) is 2.89. The SMILES string of the molecule is CCNC(=NCCOc1cccnc1)NC1CCc2nc(CC)nn2C1. The fraction of sp³-hybridized carbons (Fsp3) is 0.556. The number of guanidine groups is 1. The molecule has 1 aliphatic rings. The summed E-state index contributed by atoms with van der Waals surface area (Å²) in [4.78, 5) is 13.2. The molecule has 0 saturated heterocycles. The summed E-state index contributed by atoms with van der Waals surface area (Å²) in [5.41, 5.74) is 0. The van der Waals surface area contributed by atoms with Crippen LogP contribution in [0.15, 0.2) is 29.5 Å². The van der Waals surface area contributed by atoms with Gasteiger partial charge in [-0.3, -0.25) is 4.98 Å². The number of rotatable bonds is 7. The van der Waals surface area contributed by atoms with E-state index in [0.717, 1.165) is 55.7 Å². The minimum absolute atomic E-state index is 0.297. The number of nitrogens with zero attached hydrogens (tertiary/aromatic N) is 5. The molecule has 0 saturated carbocycles. The third kappa shape index (κ3) is 4.93. The number of ether oxygens (including phenoxy) is 1. The van der Waals surface area contributed by atoms with Crippen LogP contribution in [0.1, 0.15) is 31.9 Å². The normalized spacial score (nSPS) is 16.8. The topological polar surface area (TPSA) is 89.2 Å². The van der Waals surface area contributed by atoms with Gasteiger partial charge >= 0.3 is 0 Å². The van der Waals surface area contributed by atoms with Crippen molar-refractivity contribution in [1.82, 2.24) is 30.4 Å². The molecule has 0 radical (unpaired) electrons. The number of hydrogen-bond donors (Lipinski definition) is 2. The van der Waals surface area contributed by atoms with E-state index in [0.29, 0.717) is 19.2 Å². The van der Waals surface area contributed by atoms with E-state index in [4.69, 9.17) is 4.74 Å². The monoisotopic (exact) mass is 357 g/mol. The van der Waals surface area contributed by atoms with Gasteiger partial charge in [-0.2, -0.15) is 5.10 Å². The van der Waals surface area contributed by atoms with Gasteiger partial charge in [0.05, 0.1) is 19.3 Å². The lowest BCUT2D eigenvalue weighted by Crippen LogP contribution is -2.47. The molecule has 26 heavy (non-hydrogen) atoms. The number of aromatic nitrogens is 4. The molecule has 0 fully saturated rings. The average Bonchev–Trinajstić information content (AvgIpc) is 3.08. The summed E-state index contributed by atoms with van der Waals surface area (Å²) in [6.45, 7) is 6.87. The minimum Gasteiger partial charge on any atom is -0.490 e. The molecule has 1 aliphatic heterocycles. The van der Waals surface area contributed by atoms with Gasteiger partial charge < -0.3 is 15.4 Å². The quantitative estimate of drug-likeness (QED) is 0.439. The molecular formula is C18H27N7O. The first-order valence-corrected chi connectivity index (χ1v) is 9.28. The smallest absolute Gasteiger partial charge is 0.191 e. The first-order valence-electron chi connectivity index (χ1n) is 9.28. The van der Waals surface area contributed by atoms with Crippen LogP contribution in [0.3, 0.4) is 0 Å². The summed E-state index contributed by atoms with van der Waals surface area (Å²) >= 11 is 0. The van der Waals surface area contributed by atoms with Gasteiger partial charge in [0.15, 0.2) is 11.8 Å². The third-order valence-electron chi connectivity index (χ3n) is 4.17. The van der Waals surface area contributed by atoms with Crippen molar-refractivity contribution >= 4 is 5.96 Å². The highest BCUT2D eigenvalue weighted by Crippen LogP contribution is 2.13. The zero-order valence-electron chi connectivity index (χ0n) is 15.5. The highest BCUT2D eigenvalue weighted by atomic mass is 16.5. The third-order valence-corrected chi connectivity index (χ3v) is 4.17. The van der Waals surface area contributed by atoms with Crippen molar-refractivity contribution in [2.75, 3.05) is 19.7 Å². The molecule has 2 aromatic heterocycles. The molecule has 1 atom stereocenters. The minimum atomic E-state index is 0.297. The van der Waals surface area contributed by atoms with Crippen molar-refractivity contribution in [3.05, 3.63) is 36.2 Å². The van der Waals surface area contributed by atoms with Gasteiger partial charge in [0.1, 0.15) is 18.2 Å². The van der Waals surface area contributed by atoms with Gasteiger partial charge in [-0.05, 0) is 25.5 Å². The Hall–Kier alpha value is -2.64. The molecule has 0 amide bonds. The molecule has 3 rings (SSSR count). The van der Waals surface area contributed by atoms with Gasteiger partial charge in [-0.25, -0.2) is 14.7 Å². The van der Waals surface area contributed by atoms with Crippen molar-refractivity contribution in [2.45, 2.75) is 45.7 Å². The van der Waals surface area contributed by atoms with Gasteiger partial charge in [-0.15, -0.1) is 0 Å². The first-order chi connectivity index (χ1) is 12.8. The van der Waals surface area contributed by atoms with E-state index in [1.807, 2.05) is 16.8 Å². The molecule has 8 heteroatoms. The van der Waals surface area contributed by atoms with Crippen molar-refractivity contribution in [1.29, 1.82) is 0 Å². The molecule has 0 aromatic carbocycles. The summed E-state index contributed by atoms with van der Waals surface area (Å²) in [6, 6.07) is 4.05. The molecule has 2 aromatic rings. The van der Waals surface area contributed by atoms with E-state index in [1.165, 1.54) is 0 Å². The fourth-order valence-corrected chi connectivity index (χ4v) is 2.89. The standard InChI is InChI=1S/C18H27N7O/c1-3-16-23-17-8-7-14(13-25(17)24-16)22-18(20-4-2)21-10-11-26-15-6-5-9-19-12-15/h5-6,9,12,14H,3-4,7-8,10-11,13H2,1-2H3,(H2,20,21,22). The van der Waals surface area contributed by atoms with Gasteiger partial charge in [0.2, 0.25) is 0 Å². The predicted octanol–water partition coefficient (Wildman–Crippen LogP) is 1.18. The van der Waals surface area contributed by atoms with Gasteiger partial charge in [0, 0.05) is 31.6 Å². The van der Waals surface area contributed by atoms with Crippen LogP contribution >= 0.6 is 0 Å². The molecule has 140 valence electrons.